The van der Waals surface area contributed by atoms with Crippen LogP contribution in [-0.2, 0) is 16.4 Å². The molecule has 3 N–H and O–H groups in total. The molecule has 190 valence electrons. The minimum absolute atomic E-state index is 0.240. The second-order valence-electron chi connectivity index (χ2n) is 9.07. The molecule has 0 saturated heterocycles. The molecule has 1 aliphatic heterocycles. The lowest BCUT2D eigenvalue weighted by molar-refractivity contribution is -0.0603. The van der Waals surface area contributed by atoms with Crippen molar-refractivity contribution in [1.29, 1.82) is 0 Å². The van der Waals surface area contributed by atoms with Crippen LogP contribution in [0.3, 0.4) is 0 Å². The molecule has 0 spiro atoms. The quantitative estimate of drug-likeness (QED) is 0.446. The van der Waals surface area contributed by atoms with E-state index < -0.39 is 44.3 Å². The summed E-state index contributed by atoms with van der Waals surface area (Å²) in [6.45, 7) is 3.56. The Morgan fingerprint density at radius 3 is 2.44 bits per heavy atom. The molecule has 0 saturated carbocycles. The maximum absolute atomic E-state index is 13.7. The number of carbonyl (C=O) groups is 1. The van der Waals surface area contributed by atoms with Gasteiger partial charge in [0.1, 0.15) is 17.5 Å². The van der Waals surface area contributed by atoms with Gasteiger partial charge in [-0.2, -0.15) is 0 Å². The molecule has 0 bridgehead atoms. The number of hydrogen-bond acceptors (Lipinski definition) is 5. The highest BCUT2D eigenvalue weighted by Gasteiger charge is 2.45. The van der Waals surface area contributed by atoms with Crippen LogP contribution in [0.25, 0.3) is 0 Å². The van der Waals surface area contributed by atoms with E-state index in [0.717, 1.165) is 11.6 Å². The minimum Gasteiger partial charge on any atom is -0.485 e. The van der Waals surface area contributed by atoms with Gasteiger partial charge in [-0.3, -0.25) is 4.79 Å². The lowest BCUT2D eigenvalue weighted by atomic mass is 9.86. The molecule has 1 aliphatic rings. The van der Waals surface area contributed by atoms with Crippen LogP contribution in [-0.4, -0.2) is 37.7 Å². The Morgan fingerprint density at radius 1 is 1.03 bits per heavy atom. The Morgan fingerprint density at radius 2 is 1.75 bits per heavy atom. The second kappa shape index (κ2) is 9.96. The highest BCUT2D eigenvalue weighted by atomic mass is 32.2. The van der Waals surface area contributed by atoms with Crippen LogP contribution in [0, 0.1) is 11.6 Å². The molecule has 0 radical (unpaired) electrons. The number of amides is 1. The molecule has 3 aromatic rings. The van der Waals surface area contributed by atoms with Gasteiger partial charge in [-0.05, 0) is 62.2 Å². The molecule has 4 rings (SSSR count). The number of benzene rings is 3. The first kappa shape index (κ1) is 25.7. The summed E-state index contributed by atoms with van der Waals surface area (Å²) in [5.74, 6) is -2.60. The van der Waals surface area contributed by atoms with Crippen molar-refractivity contribution in [1.82, 2.24) is 10.0 Å². The number of halogens is 2. The average Bonchev–Trinajstić information content (AvgIpc) is 2.84. The molecule has 3 aromatic carbocycles. The van der Waals surface area contributed by atoms with Gasteiger partial charge in [0, 0.05) is 17.7 Å². The van der Waals surface area contributed by atoms with E-state index in [-0.39, 0.29) is 22.8 Å². The first-order valence-electron chi connectivity index (χ1n) is 11.3. The number of aliphatic hydroxyl groups is 1. The van der Waals surface area contributed by atoms with Gasteiger partial charge in [-0.15, -0.1) is 0 Å². The number of sulfonamides is 1. The van der Waals surface area contributed by atoms with Crippen LogP contribution >= 0.6 is 0 Å². The first-order valence-corrected chi connectivity index (χ1v) is 12.8. The Hall–Kier alpha value is -3.34. The van der Waals surface area contributed by atoms with Gasteiger partial charge in [0.15, 0.2) is 11.6 Å². The molecule has 0 unspecified atom stereocenters. The minimum atomic E-state index is -4.38. The highest BCUT2D eigenvalue weighted by molar-refractivity contribution is 7.89. The van der Waals surface area contributed by atoms with Gasteiger partial charge in [-0.1, -0.05) is 30.3 Å². The largest absolute Gasteiger partial charge is 0.485 e. The molecule has 0 aromatic heterocycles. The maximum atomic E-state index is 13.7. The summed E-state index contributed by atoms with van der Waals surface area (Å²) in [5, 5.41) is 13.8. The number of rotatable bonds is 7. The van der Waals surface area contributed by atoms with E-state index in [1.165, 1.54) is 12.1 Å². The predicted molar refractivity (Wildman–Crippen MR) is 129 cm³/mol. The summed E-state index contributed by atoms with van der Waals surface area (Å²) >= 11 is 0. The fraction of sp³-hybridized carbons (Fsp3) is 0.269. The Kier molecular flexibility index (Phi) is 7.12. The zero-order valence-electron chi connectivity index (χ0n) is 19.7. The zero-order chi connectivity index (χ0) is 26.1. The van der Waals surface area contributed by atoms with E-state index >= 15 is 0 Å². The normalized spacial score (nSPS) is 18.7. The number of ether oxygens (including phenoxy) is 1. The summed E-state index contributed by atoms with van der Waals surface area (Å²) in [7, 11) is -4.38. The number of carbonyl (C=O) groups excluding carboxylic acids is 1. The van der Waals surface area contributed by atoms with Crippen molar-refractivity contribution < 1.29 is 31.8 Å². The maximum Gasteiger partial charge on any atom is 0.251 e. The topological polar surface area (TPSA) is 105 Å². The zero-order valence-corrected chi connectivity index (χ0v) is 20.5. The molecule has 36 heavy (non-hydrogen) atoms. The van der Waals surface area contributed by atoms with Crippen molar-refractivity contribution in [3.8, 4) is 5.75 Å². The van der Waals surface area contributed by atoms with Gasteiger partial charge in [0.2, 0.25) is 10.0 Å². The summed E-state index contributed by atoms with van der Waals surface area (Å²) in [6, 6.07) is 15.1. The second-order valence-corrected chi connectivity index (χ2v) is 10.8. The lowest BCUT2D eigenvalue weighted by Gasteiger charge is -2.42. The number of fused-ring (bicyclic) bond motifs is 1. The van der Waals surface area contributed by atoms with E-state index in [1.807, 2.05) is 30.3 Å². The molecule has 7 nitrogen and oxygen atoms in total. The monoisotopic (exact) mass is 516 g/mol. The molecular formula is C26H26F2N2O5S. The smallest absolute Gasteiger partial charge is 0.251 e. The first-order chi connectivity index (χ1) is 17.0. The lowest BCUT2D eigenvalue weighted by Crippen LogP contribution is -2.53. The Bertz CT molecular complexity index is 1380. The van der Waals surface area contributed by atoms with E-state index in [4.69, 9.17) is 4.74 Å². The van der Waals surface area contributed by atoms with Crippen molar-refractivity contribution in [3.05, 3.63) is 95.1 Å². The summed E-state index contributed by atoms with van der Waals surface area (Å²) in [5.41, 5.74) is 0.361. The van der Waals surface area contributed by atoms with Crippen molar-refractivity contribution >= 4 is 15.9 Å². The van der Waals surface area contributed by atoms with Gasteiger partial charge in [-0.25, -0.2) is 21.9 Å². The van der Waals surface area contributed by atoms with Crippen LogP contribution in [0.4, 0.5) is 8.78 Å². The number of hydrogen-bond donors (Lipinski definition) is 3. The molecular weight excluding hydrogens is 490 g/mol. The van der Waals surface area contributed by atoms with E-state index in [2.05, 4.69) is 10.0 Å². The summed E-state index contributed by atoms with van der Waals surface area (Å²) in [6.07, 6.45) is -0.731. The highest BCUT2D eigenvalue weighted by Crippen LogP contribution is 2.41. The third-order valence-corrected chi connectivity index (χ3v) is 7.47. The Balaban J connectivity index is 1.60. The molecule has 10 heteroatoms. The molecule has 0 aliphatic carbocycles. The van der Waals surface area contributed by atoms with Gasteiger partial charge in [0.05, 0.1) is 10.9 Å². The van der Waals surface area contributed by atoms with Crippen LogP contribution in [0.5, 0.6) is 5.75 Å². The standard InChI is InChI=1S/C26H26F2N2O5S/c1-26(2)24(31)23(30-36(33,34)18-9-10-20(27)21(28)15-18)19-14-17(8-11-22(19)35-26)25(32)29-13-12-16-6-4-3-5-7-16/h3-11,14-15,23-24,30-31H,12-13H2,1-2H3,(H,29,32)/t23-,24+/m1/s1. The van der Waals surface area contributed by atoms with E-state index in [9.17, 15) is 27.1 Å². The van der Waals surface area contributed by atoms with Crippen LogP contribution < -0.4 is 14.8 Å². The van der Waals surface area contributed by atoms with Gasteiger partial charge >= 0.3 is 0 Å². The van der Waals surface area contributed by atoms with Crippen LogP contribution in [0.1, 0.15) is 41.4 Å². The molecule has 2 atom stereocenters. The van der Waals surface area contributed by atoms with Gasteiger partial charge in [0.25, 0.3) is 5.91 Å². The molecule has 1 amide bonds. The van der Waals surface area contributed by atoms with Crippen molar-refractivity contribution in [2.24, 2.45) is 0 Å². The molecule has 0 fully saturated rings. The third-order valence-electron chi connectivity index (χ3n) is 6.03. The average molecular weight is 517 g/mol. The fourth-order valence-electron chi connectivity index (χ4n) is 4.02. The van der Waals surface area contributed by atoms with Gasteiger partial charge < -0.3 is 15.2 Å². The third kappa shape index (κ3) is 5.40. The van der Waals surface area contributed by atoms with E-state index in [1.54, 1.807) is 19.9 Å². The summed E-state index contributed by atoms with van der Waals surface area (Å²) in [4.78, 5) is 12.3. The fourth-order valence-corrected chi connectivity index (χ4v) is 5.25. The SMILES string of the molecule is CC1(C)Oc2ccc(C(=O)NCCc3ccccc3)cc2[C@@H](NS(=O)(=O)c2ccc(F)c(F)c2)[C@@H]1O. The predicted octanol–water partition coefficient (Wildman–Crippen LogP) is 3.49. The Labute approximate surface area is 208 Å². The van der Waals surface area contributed by atoms with Crippen LogP contribution in [0.15, 0.2) is 71.6 Å². The van der Waals surface area contributed by atoms with E-state index in [0.29, 0.717) is 25.1 Å². The summed E-state index contributed by atoms with van der Waals surface area (Å²) < 4.78 is 61.2. The van der Waals surface area contributed by atoms with Crippen molar-refractivity contribution in [3.63, 3.8) is 0 Å². The van der Waals surface area contributed by atoms with Crippen molar-refractivity contribution in [2.75, 3.05) is 6.54 Å². The number of nitrogens with one attached hydrogen (secondary N) is 2. The number of aliphatic hydroxyl groups excluding tert-OH is 1. The molecule has 1 heterocycles. The van der Waals surface area contributed by atoms with Crippen LogP contribution in [0.2, 0.25) is 0 Å². The van der Waals surface area contributed by atoms with Crippen molar-refractivity contribution in [2.45, 2.75) is 42.9 Å².